The van der Waals surface area contributed by atoms with E-state index in [-0.39, 0.29) is 22.4 Å². The largest absolute Gasteiger partial charge is 1.00 e. The third-order valence-electron chi connectivity index (χ3n) is 0.341. The molecule has 0 bridgehead atoms. The van der Waals surface area contributed by atoms with Crippen molar-refractivity contribution in [3.63, 3.8) is 0 Å². The van der Waals surface area contributed by atoms with E-state index >= 15 is 0 Å². The Bertz CT molecular complexity index is 118. The van der Waals surface area contributed by atoms with E-state index in [1.165, 1.54) is 0 Å². The average Bonchev–Trinajstić information content (AvgIpc) is 1.63. The molecule has 0 saturated carbocycles. The maximum atomic E-state index is 9.34. The van der Waals surface area contributed by atoms with E-state index in [2.05, 4.69) is 0 Å². The second kappa shape index (κ2) is 9.64. The fraction of sp³-hybridized carbons (Fsp3) is 0.600. The van der Waals surface area contributed by atoms with Crippen LogP contribution in [0.25, 0.3) is 0 Å². The third kappa shape index (κ3) is 42.5. The zero-order chi connectivity index (χ0) is 8.73. The van der Waals surface area contributed by atoms with Gasteiger partial charge in [0.2, 0.25) is 0 Å². The van der Waals surface area contributed by atoms with Gasteiger partial charge in [0, 0.05) is 6.92 Å². The first-order valence-corrected chi connectivity index (χ1v) is 2.46. The zero-order valence-corrected chi connectivity index (χ0v) is 7.48. The topological polar surface area (TPSA) is 97.7 Å². The molecule has 2 N–H and O–H groups in total. The van der Waals surface area contributed by atoms with Gasteiger partial charge in [-0.15, -0.1) is 0 Å². The molecule has 11 heavy (non-hydrogen) atoms. The Hall–Kier alpha value is -0.360. The number of carbonyl (C=O) groups excluding carboxylic acids is 1. The number of carboxylic acids is 2. The molecule has 0 aliphatic heterocycles. The van der Waals surface area contributed by atoms with E-state index in [1.54, 1.807) is 0 Å². The molecule has 0 fully saturated rings. The van der Waals surface area contributed by atoms with Crippen molar-refractivity contribution in [1.82, 2.24) is 0 Å². The quantitative estimate of drug-likeness (QED) is 0.540. The third-order valence-corrected chi connectivity index (χ3v) is 0.341. The van der Waals surface area contributed by atoms with E-state index in [0.717, 1.165) is 13.8 Å². The monoisotopic (exact) mass is 256 g/mol. The van der Waals surface area contributed by atoms with Crippen molar-refractivity contribution in [3.05, 3.63) is 0 Å². The number of carbonyl (C=O) groups is 2. The maximum absolute atomic E-state index is 9.34. The van der Waals surface area contributed by atoms with Crippen molar-refractivity contribution in [2.45, 2.75) is 20.0 Å². The Morgan fingerprint density at radius 3 is 1.55 bits per heavy atom. The van der Waals surface area contributed by atoms with Crippen LogP contribution in [0, 0.1) is 0 Å². The molecule has 70 valence electrons. The predicted molar refractivity (Wildman–Crippen MR) is 30.0 cm³/mol. The van der Waals surface area contributed by atoms with Gasteiger partial charge in [-0.1, -0.05) is 0 Å². The molecule has 0 aromatic heterocycles. The molecule has 6 heteroatoms. The van der Waals surface area contributed by atoms with Crippen molar-refractivity contribution in [2.24, 2.45) is 0 Å². The number of aliphatic hydroxyl groups is 1. The first-order valence-electron chi connectivity index (χ1n) is 2.46. The maximum Gasteiger partial charge on any atom is 1.00 e. The molecule has 5 nitrogen and oxygen atoms in total. The molecule has 0 rings (SSSR count). The summed E-state index contributed by atoms with van der Waals surface area (Å²) < 4.78 is 0. The number of hydrogen-bond acceptors (Lipinski definition) is 4. The van der Waals surface area contributed by atoms with Crippen LogP contribution >= 0.6 is 0 Å². The smallest absolute Gasteiger partial charge is 0.547 e. The van der Waals surface area contributed by atoms with Gasteiger partial charge in [-0.2, -0.15) is 0 Å². The molecule has 0 radical (unpaired) electrons. The van der Waals surface area contributed by atoms with E-state index in [4.69, 9.17) is 15.0 Å². The number of aliphatic carboxylic acids is 2. The van der Waals surface area contributed by atoms with Crippen LogP contribution in [0.1, 0.15) is 13.8 Å². The Morgan fingerprint density at radius 2 is 1.55 bits per heavy atom. The van der Waals surface area contributed by atoms with E-state index in [9.17, 15) is 9.90 Å². The molecule has 0 heterocycles. The molecule has 1 atom stereocenters. The molecule has 0 aromatic carbocycles. The summed E-state index contributed by atoms with van der Waals surface area (Å²) in [5.41, 5.74) is 0. The predicted octanol–water partition coefficient (Wildman–Crippen LogP) is -1.79. The van der Waals surface area contributed by atoms with Crippen LogP contribution in [-0.2, 0) is 32.0 Å². The Balaban J connectivity index is -0.000000114. The molecular weight excluding hydrogens is 248 g/mol. The van der Waals surface area contributed by atoms with Crippen LogP contribution in [0.5, 0.6) is 0 Å². The van der Waals surface area contributed by atoms with Crippen LogP contribution in [0.15, 0.2) is 0 Å². The van der Waals surface area contributed by atoms with E-state index in [1.807, 2.05) is 0 Å². The molecule has 1 unspecified atom stereocenters. The van der Waals surface area contributed by atoms with Crippen molar-refractivity contribution in [1.29, 1.82) is 0 Å². The first-order chi connectivity index (χ1) is 4.37. The van der Waals surface area contributed by atoms with E-state index < -0.39 is 18.0 Å². The molecule has 0 spiro atoms. The average molecular weight is 257 g/mol. The zero-order valence-electron chi connectivity index (χ0n) is 6.00. The number of hydrogen-bond donors (Lipinski definition) is 2. The SMILES string of the molecule is CC(=O)O.CC(O)C(=O)[O-].[Ag+]. The molecular formula is C5H9AgO5. The van der Waals surface area contributed by atoms with Crippen molar-refractivity contribution >= 4 is 11.9 Å². The molecule has 0 aromatic rings. The standard InChI is InChI=1S/C3H6O3.C2H4O2.Ag/c1-2(4)3(5)6;1-2(3)4;/h2,4H,1H3,(H,5,6);1H3,(H,3,4);/q;;+1/p-1. The Kier molecular flexibility index (Phi) is 14.8. The molecule has 0 aliphatic carbocycles. The number of rotatable bonds is 1. The van der Waals surface area contributed by atoms with Gasteiger partial charge in [0.1, 0.15) is 0 Å². The first kappa shape index (κ1) is 16.9. The summed E-state index contributed by atoms with van der Waals surface area (Å²) in [4.78, 5) is 18.3. The summed E-state index contributed by atoms with van der Waals surface area (Å²) in [7, 11) is 0. The van der Waals surface area contributed by atoms with Gasteiger partial charge in [-0.05, 0) is 6.92 Å². The van der Waals surface area contributed by atoms with E-state index in [0.29, 0.717) is 0 Å². The van der Waals surface area contributed by atoms with Gasteiger partial charge in [0.25, 0.3) is 5.97 Å². The van der Waals surface area contributed by atoms with Gasteiger partial charge in [-0.25, -0.2) is 0 Å². The van der Waals surface area contributed by atoms with Crippen LogP contribution in [0.4, 0.5) is 0 Å². The summed E-state index contributed by atoms with van der Waals surface area (Å²) >= 11 is 0. The fourth-order valence-electron chi connectivity index (χ4n) is 0. The fourth-order valence-corrected chi connectivity index (χ4v) is 0. The summed E-state index contributed by atoms with van der Waals surface area (Å²) in [6.07, 6.45) is -1.34. The minimum atomic E-state index is -1.44. The van der Waals surface area contributed by atoms with Gasteiger partial charge in [0.05, 0.1) is 12.1 Å². The second-order valence-corrected chi connectivity index (χ2v) is 1.51. The van der Waals surface area contributed by atoms with Crippen molar-refractivity contribution < 1.29 is 47.3 Å². The van der Waals surface area contributed by atoms with Crippen molar-refractivity contribution in [2.75, 3.05) is 0 Å². The molecule has 0 saturated heterocycles. The van der Waals surface area contributed by atoms with Crippen LogP contribution in [0.3, 0.4) is 0 Å². The summed E-state index contributed by atoms with van der Waals surface area (Å²) in [5.74, 6) is -2.27. The summed E-state index contributed by atoms with van der Waals surface area (Å²) in [6, 6.07) is 0. The van der Waals surface area contributed by atoms with Gasteiger partial charge in [0.15, 0.2) is 0 Å². The summed E-state index contributed by atoms with van der Waals surface area (Å²) in [6.45, 7) is 2.22. The van der Waals surface area contributed by atoms with Crippen LogP contribution in [-0.4, -0.2) is 28.3 Å². The van der Waals surface area contributed by atoms with Gasteiger partial charge < -0.3 is 20.1 Å². The minimum Gasteiger partial charge on any atom is -0.547 e. The minimum absolute atomic E-state index is 0. The van der Waals surface area contributed by atoms with Crippen molar-refractivity contribution in [3.8, 4) is 0 Å². The van der Waals surface area contributed by atoms with Crippen LogP contribution < -0.4 is 5.11 Å². The Labute approximate surface area is 79.5 Å². The second-order valence-electron chi connectivity index (χ2n) is 1.51. The number of carboxylic acid groups (broad SMARTS) is 2. The van der Waals surface area contributed by atoms with Crippen LogP contribution in [0.2, 0.25) is 0 Å². The molecule has 0 aliphatic rings. The normalized spacial score (nSPS) is 9.73. The molecule has 0 amide bonds. The van der Waals surface area contributed by atoms with Gasteiger partial charge >= 0.3 is 22.4 Å². The Morgan fingerprint density at radius 1 is 1.45 bits per heavy atom. The van der Waals surface area contributed by atoms with Gasteiger partial charge in [-0.3, -0.25) is 4.79 Å². The summed E-state index contributed by atoms with van der Waals surface area (Å²) in [5, 5.41) is 24.7. The number of aliphatic hydroxyl groups excluding tert-OH is 1.